The average molecular weight is 473 g/mol. The molecule has 3 N–H and O–H groups in total. The molecule has 0 atom stereocenters. The van der Waals surface area contributed by atoms with Crippen molar-refractivity contribution < 1.29 is 4.79 Å². The number of aromatic nitrogens is 3. The normalized spacial score (nSPS) is 14.1. The van der Waals surface area contributed by atoms with Crippen LogP contribution >= 0.6 is 11.6 Å². The third-order valence-corrected chi connectivity index (χ3v) is 6.26. The van der Waals surface area contributed by atoms with Gasteiger partial charge in [-0.25, -0.2) is 9.97 Å². The van der Waals surface area contributed by atoms with Crippen LogP contribution in [0.1, 0.15) is 48.0 Å². The van der Waals surface area contributed by atoms with Crippen LogP contribution in [-0.2, 0) is 0 Å². The van der Waals surface area contributed by atoms with Gasteiger partial charge in [-0.1, -0.05) is 47.5 Å². The number of benzene rings is 2. The van der Waals surface area contributed by atoms with Gasteiger partial charge in [-0.3, -0.25) is 4.79 Å². The van der Waals surface area contributed by atoms with Gasteiger partial charge in [0.15, 0.2) is 5.65 Å². The van der Waals surface area contributed by atoms with Crippen LogP contribution in [0, 0.1) is 0 Å². The summed E-state index contributed by atoms with van der Waals surface area (Å²) in [6.45, 7) is 0.547. The molecule has 0 radical (unpaired) electrons. The van der Waals surface area contributed by atoms with Gasteiger partial charge < -0.3 is 11.1 Å². The lowest BCUT2D eigenvalue weighted by atomic mass is 9.97. The Balaban J connectivity index is 1.51. The van der Waals surface area contributed by atoms with Crippen LogP contribution in [0.5, 0.6) is 0 Å². The van der Waals surface area contributed by atoms with Crippen LogP contribution in [0.15, 0.2) is 65.3 Å². The van der Waals surface area contributed by atoms with E-state index in [4.69, 9.17) is 27.3 Å². The number of allylic oxidation sites excluding steroid dienone is 1. The molecular formula is C26H25ClN6O. The van der Waals surface area contributed by atoms with Gasteiger partial charge >= 0.3 is 0 Å². The molecule has 172 valence electrons. The van der Waals surface area contributed by atoms with Crippen LogP contribution in [-0.4, -0.2) is 33.3 Å². The second kappa shape index (κ2) is 9.65. The number of carbonyl (C=O) groups excluding carboxylic acids is 1. The molecule has 2 heterocycles. The van der Waals surface area contributed by atoms with Gasteiger partial charge in [0.05, 0.1) is 17.2 Å². The lowest BCUT2D eigenvalue weighted by Crippen LogP contribution is -2.25. The zero-order chi connectivity index (χ0) is 23.5. The lowest BCUT2D eigenvalue weighted by Gasteiger charge is -2.12. The van der Waals surface area contributed by atoms with E-state index in [-0.39, 0.29) is 11.7 Å². The predicted octanol–water partition coefficient (Wildman–Crippen LogP) is 5.32. The Hall–Kier alpha value is -3.71. The summed E-state index contributed by atoms with van der Waals surface area (Å²) in [7, 11) is 0. The molecule has 5 rings (SSSR count). The third kappa shape index (κ3) is 4.52. The van der Waals surface area contributed by atoms with Gasteiger partial charge in [0.2, 0.25) is 0 Å². The van der Waals surface area contributed by atoms with Crippen LogP contribution in [0.25, 0.3) is 22.2 Å². The number of amides is 1. The second-order valence-corrected chi connectivity index (χ2v) is 8.80. The molecule has 2 aromatic carbocycles. The van der Waals surface area contributed by atoms with E-state index < -0.39 is 0 Å². The Morgan fingerprint density at radius 2 is 1.88 bits per heavy atom. The number of para-hydroxylation sites is 2. The van der Waals surface area contributed by atoms with Crippen molar-refractivity contribution in [3.8, 4) is 0 Å². The Bertz CT molecular complexity index is 1420. The maximum atomic E-state index is 13.2. The van der Waals surface area contributed by atoms with Crippen molar-refractivity contribution in [2.45, 2.75) is 32.1 Å². The Kier molecular flexibility index (Phi) is 6.27. The van der Waals surface area contributed by atoms with E-state index in [1.807, 2.05) is 36.4 Å². The summed E-state index contributed by atoms with van der Waals surface area (Å²) < 4.78 is 1.47. The van der Waals surface area contributed by atoms with Crippen LogP contribution < -0.4 is 11.1 Å². The molecule has 0 bridgehead atoms. The van der Waals surface area contributed by atoms with E-state index >= 15 is 0 Å². The Morgan fingerprint density at radius 3 is 2.62 bits per heavy atom. The molecule has 34 heavy (non-hydrogen) atoms. The number of anilines is 1. The number of fused-ring (bicyclic) bond motifs is 2. The molecule has 0 unspecified atom stereocenters. The first-order valence-corrected chi connectivity index (χ1v) is 11.8. The van der Waals surface area contributed by atoms with Crippen molar-refractivity contribution in [3.05, 3.63) is 76.3 Å². The zero-order valence-electron chi connectivity index (χ0n) is 18.7. The summed E-state index contributed by atoms with van der Waals surface area (Å²) in [5.74, 6) is -0.0752. The molecule has 0 saturated carbocycles. The van der Waals surface area contributed by atoms with Crippen molar-refractivity contribution in [1.82, 2.24) is 20.0 Å². The van der Waals surface area contributed by atoms with Gasteiger partial charge in [-0.2, -0.15) is 9.78 Å². The summed E-state index contributed by atoms with van der Waals surface area (Å²) in [5.41, 5.74) is 11.2. The fourth-order valence-electron chi connectivity index (χ4n) is 4.22. The molecule has 0 aliphatic heterocycles. The minimum absolute atomic E-state index is 0.199. The average Bonchev–Trinajstić information content (AvgIpc) is 3.13. The maximum absolute atomic E-state index is 13.2. The topological polar surface area (TPSA) is 98.2 Å². The molecule has 0 saturated heterocycles. The highest BCUT2D eigenvalue weighted by Gasteiger charge is 2.24. The molecule has 8 heteroatoms. The van der Waals surface area contributed by atoms with Crippen LogP contribution in [0.4, 0.5) is 5.82 Å². The van der Waals surface area contributed by atoms with E-state index in [0.29, 0.717) is 39.3 Å². The number of nitrogens with one attached hydrogen (secondary N) is 1. The minimum Gasteiger partial charge on any atom is -0.383 e. The number of nitrogens with two attached hydrogens (primary N) is 1. The Labute approximate surface area is 202 Å². The fourth-order valence-corrected chi connectivity index (χ4v) is 4.34. The number of halogens is 1. The fraction of sp³-hybridized carbons (Fsp3) is 0.231. The number of hydrogen-bond donors (Lipinski definition) is 2. The van der Waals surface area contributed by atoms with E-state index in [2.05, 4.69) is 16.5 Å². The quantitative estimate of drug-likeness (QED) is 0.293. The first-order chi connectivity index (χ1) is 16.6. The minimum atomic E-state index is -0.274. The van der Waals surface area contributed by atoms with Gasteiger partial charge in [-0.15, -0.1) is 0 Å². The molecule has 0 fully saturated rings. The lowest BCUT2D eigenvalue weighted by molar-refractivity contribution is 0.0956. The third-order valence-electron chi connectivity index (χ3n) is 6.01. The van der Waals surface area contributed by atoms with Crippen molar-refractivity contribution in [1.29, 1.82) is 0 Å². The number of carbonyl (C=O) groups is 1. The molecule has 2 aromatic heterocycles. The highest BCUT2D eigenvalue weighted by atomic mass is 35.5. The number of rotatable bonds is 6. The summed E-state index contributed by atoms with van der Waals surface area (Å²) in [5, 5.41) is 8.18. The molecule has 1 aliphatic carbocycles. The molecular weight excluding hydrogens is 448 g/mol. The summed E-state index contributed by atoms with van der Waals surface area (Å²) in [6.07, 6.45) is 9.47. The first-order valence-electron chi connectivity index (χ1n) is 11.4. The van der Waals surface area contributed by atoms with E-state index in [0.717, 1.165) is 24.8 Å². The standard InChI is InChI=1S/C26H25ClN6O/c27-19-12-10-18(11-13-19)16-30-33-24(28)22(26(34)29-15-14-17-6-2-1-3-7-17)23-25(33)32-21-9-5-4-8-20(21)31-23/h4-6,8-13,16H,1-3,7,14-15,28H2,(H,29,34)/b30-16+. The summed E-state index contributed by atoms with van der Waals surface area (Å²) >= 11 is 5.98. The summed E-state index contributed by atoms with van der Waals surface area (Å²) in [4.78, 5) is 22.7. The van der Waals surface area contributed by atoms with Crippen LogP contribution in [0.2, 0.25) is 5.02 Å². The number of nitrogen functional groups attached to an aromatic ring is 1. The predicted molar refractivity (Wildman–Crippen MR) is 137 cm³/mol. The highest BCUT2D eigenvalue weighted by molar-refractivity contribution is 6.30. The van der Waals surface area contributed by atoms with Gasteiger partial charge in [0.25, 0.3) is 5.91 Å². The SMILES string of the molecule is Nc1c(C(=O)NCCC2=CCCCC2)c2nc3ccccc3nc2n1/N=C/c1ccc(Cl)cc1. The first kappa shape index (κ1) is 22.1. The van der Waals surface area contributed by atoms with Gasteiger partial charge in [-0.05, 0) is 61.9 Å². The van der Waals surface area contributed by atoms with E-state index in [9.17, 15) is 4.79 Å². The Morgan fingerprint density at radius 1 is 1.12 bits per heavy atom. The summed E-state index contributed by atoms with van der Waals surface area (Å²) in [6, 6.07) is 14.8. The van der Waals surface area contributed by atoms with Gasteiger partial charge in [0, 0.05) is 11.6 Å². The second-order valence-electron chi connectivity index (χ2n) is 8.37. The molecule has 0 spiro atoms. The molecule has 4 aromatic rings. The van der Waals surface area contributed by atoms with Gasteiger partial charge in [0.1, 0.15) is 16.9 Å². The zero-order valence-corrected chi connectivity index (χ0v) is 19.4. The number of hydrogen-bond acceptors (Lipinski definition) is 5. The molecule has 7 nitrogen and oxygen atoms in total. The monoisotopic (exact) mass is 472 g/mol. The number of nitrogens with zero attached hydrogens (tertiary/aromatic N) is 4. The van der Waals surface area contributed by atoms with Crippen molar-refractivity contribution >= 4 is 51.7 Å². The van der Waals surface area contributed by atoms with Crippen LogP contribution in [0.3, 0.4) is 0 Å². The van der Waals surface area contributed by atoms with Crippen molar-refractivity contribution in [2.75, 3.05) is 12.3 Å². The molecule has 1 aliphatic rings. The van der Waals surface area contributed by atoms with Crippen molar-refractivity contribution in [3.63, 3.8) is 0 Å². The molecule has 1 amide bonds. The van der Waals surface area contributed by atoms with E-state index in [1.165, 1.54) is 23.1 Å². The smallest absolute Gasteiger partial charge is 0.257 e. The maximum Gasteiger partial charge on any atom is 0.257 e. The van der Waals surface area contributed by atoms with Crippen molar-refractivity contribution in [2.24, 2.45) is 5.10 Å². The highest BCUT2D eigenvalue weighted by Crippen LogP contribution is 2.28. The largest absolute Gasteiger partial charge is 0.383 e. The van der Waals surface area contributed by atoms with E-state index in [1.54, 1.807) is 18.3 Å².